The lowest BCUT2D eigenvalue weighted by Gasteiger charge is -2.08. The molecule has 0 aromatic heterocycles. The van der Waals surface area contributed by atoms with Crippen molar-refractivity contribution >= 4 is 23.3 Å². The molecule has 0 atom stereocenters. The SMILES string of the molecule is O=C(NCCc1ccc(F)cc1)Nc1ccc(Cl)c(F)c1. The molecule has 0 aliphatic carbocycles. The van der Waals surface area contributed by atoms with Gasteiger partial charge in [0, 0.05) is 12.2 Å². The van der Waals surface area contributed by atoms with Gasteiger partial charge in [0.25, 0.3) is 0 Å². The summed E-state index contributed by atoms with van der Waals surface area (Å²) in [5.41, 5.74) is 1.23. The predicted molar refractivity (Wildman–Crippen MR) is 78.5 cm³/mol. The minimum Gasteiger partial charge on any atom is -0.338 e. The molecular weight excluding hydrogens is 298 g/mol. The quantitative estimate of drug-likeness (QED) is 0.881. The van der Waals surface area contributed by atoms with E-state index in [2.05, 4.69) is 10.6 Å². The highest BCUT2D eigenvalue weighted by Crippen LogP contribution is 2.18. The predicted octanol–water partition coefficient (Wildman–Crippen LogP) is 3.98. The summed E-state index contributed by atoms with van der Waals surface area (Å²) in [6, 6.07) is 9.61. The third-order valence-electron chi connectivity index (χ3n) is 2.79. The normalized spacial score (nSPS) is 10.2. The molecule has 21 heavy (non-hydrogen) atoms. The molecule has 0 saturated heterocycles. The molecule has 3 nitrogen and oxygen atoms in total. The molecule has 0 heterocycles. The summed E-state index contributed by atoms with van der Waals surface area (Å²) >= 11 is 5.55. The van der Waals surface area contributed by atoms with E-state index in [0.717, 1.165) is 11.6 Å². The molecule has 0 spiro atoms. The zero-order valence-corrected chi connectivity index (χ0v) is 11.8. The van der Waals surface area contributed by atoms with Gasteiger partial charge >= 0.3 is 6.03 Å². The van der Waals surface area contributed by atoms with Crippen LogP contribution >= 0.6 is 11.6 Å². The van der Waals surface area contributed by atoms with E-state index in [4.69, 9.17) is 11.6 Å². The number of carbonyl (C=O) groups is 1. The number of halogens is 3. The van der Waals surface area contributed by atoms with Crippen molar-refractivity contribution in [2.24, 2.45) is 0 Å². The largest absolute Gasteiger partial charge is 0.338 e. The van der Waals surface area contributed by atoms with Gasteiger partial charge in [-0.3, -0.25) is 0 Å². The Kier molecular flexibility index (Phi) is 5.11. The lowest BCUT2D eigenvalue weighted by Crippen LogP contribution is -2.30. The van der Waals surface area contributed by atoms with Gasteiger partial charge < -0.3 is 10.6 Å². The van der Waals surface area contributed by atoms with Crippen molar-refractivity contribution in [3.05, 3.63) is 64.7 Å². The van der Waals surface area contributed by atoms with Crippen molar-refractivity contribution in [2.75, 3.05) is 11.9 Å². The second kappa shape index (κ2) is 7.04. The van der Waals surface area contributed by atoms with Crippen LogP contribution in [-0.2, 0) is 6.42 Å². The molecule has 0 bridgehead atoms. The maximum atomic E-state index is 13.2. The second-order valence-corrected chi connectivity index (χ2v) is 4.79. The molecule has 2 amide bonds. The Morgan fingerprint density at radius 3 is 2.48 bits per heavy atom. The minimum absolute atomic E-state index is 0.00253. The Morgan fingerprint density at radius 1 is 1.10 bits per heavy atom. The third-order valence-corrected chi connectivity index (χ3v) is 3.10. The molecule has 0 aliphatic heterocycles. The van der Waals surface area contributed by atoms with Gasteiger partial charge in [0.1, 0.15) is 11.6 Å². The molecule has 0 fully saturated rings. The van der Waals surface area contributed by atoms with Gasteiger partial charge in [-0.05, 0) is 42.3 Å². The van der Waals surface area contributed by atoms with E-state index in [9.17, 15) is 13.6 Å². The van der Waals surface area contributed by atoms with E-state index >= 15 is 0 Å². The van der Waals surface area contributed by atoms with Crippen molar-refractivity contribution in [3.8, 4) is 0 Å². The smallest absolute Gasteiger partial charge is 0.319 e. The van der Waals surface area contributed by atoms with Crippen molar-refractivity contribution in [1.82, 2.24) is 5.32 Å². The zero-order valence-electron chi connectivity index (χ0n) is 11.0. The lowest BCUT2D eigenvalue weighted by atomic mass is 10.1. The van der Waals surface area contributed by atoms with Crippen molar-refractivity contribution in [1.29, 1.82) is 0 Å². The first kappa shape index (κ1) is 15.3. The molecule has 0 unspecified atom stereocenters. The summed E-state index contributed by atoms with van der Waals surface area (Å²) in [5.74, 6) is -0.894. The average molecular weight is 311 g/mol. The van der Waals surface area contributed by atoms with E-state index < -0.39 is 11.8 Å². The summed E-state index contributed by atoms with van der Waals surface area (Å²) in [7, 11) is 0. The number of benzene rings is 2. The van der Waals surface area contributed by atoms with Crippen LogP contribution in [0, 0.1) is 11.6 Å². The molecule has 0 saturated carbocycles. The standard InChI is InChI=1S/C15H13ClF2N2O/c16-13-6-5-12(9-14(13)18)20-15(21)19-8-7-10-1-3-11(17)4-2-10/h1-6,9H,7-8H2,(H2,19,20,21). The first-order valence-electron chi connectivity index (χ1n) is 6.29. The molecule has 2 rings (SSSR count). The summed E-state index contributed by atoms with van der Waals surface area (Å²) in [6.07, 6.45) is 0.572. The number of hydrogen-bond donors (Lipinski definition) is 2. The van der Waals surface area contributed by atoms with Crippen LogP contribution in [-0.4, -0.2) is 12.6 Å². The second-order valence-electron chi connectivity index (χ2n) is 4.39. The minimum atomic E-state index is -0.597. The zero-order chi connectivity index (χ0) is 15.2. The maximum absolute atomic E-state index is 13.2. The number of urea groups is 1. The molecule has 2 N–H and O–H groups in total. The van der Waals surface area contributed by atoms with Crippen LogP contribution in [0.1, 0.15) is 5.56 Å². The Bertz CT molecular complexity index is 632. The fourth-order valence-electron chi connectivity index (χ4n) is 1.72. The van der Waals surface area contributed by atoms with E-state index in [1.807, 2.05) is 0 Å². The first-order valence-corrected chi connectivity index (χ1v) is 6.67. The Balaban J connectivity index is 1.79. The number of nitrogens with one attached hydrogen (secondary N) is 2. The average Bonchev–Trinajstić information content (AvgIpc) is 2.45. The number of anilines is 1. The molecule has 2 aromatic rings. The third kappa shape index (κ3) is 4.72. The van der Waals surface area contributed by atoms with E-state index in [1.54, 1.807) is 12.1 Å². The van der Waals surface area contributed by atoms with Gasteiger partial charge in [0.15, 0.2) is 0 Å². The van der Waals surface area contributed by atoms with Gasteiger partial charge in [0.2, 0.25) is 0 Å². The van der Waals surface area contributed by atoms with Crippen LogP contribution in [0.3, 0.4) is 0 Å². The van der Waals surface area contributed by atoms with Gasteiger partial charge in [-0.1, -0.05) is 23.7 Å². The number of rotatable bonds is 4. The van der Waals surface area contributed by atoms with Crippen LogP contribution in [0.5, 0.6) is 0 Å². The fourth-order valence-corrected chi connectivity index (χ4v) is 1.84. The van der Waals surface area contributed by atoms with Gasteiger partial charge in [-0.15, -0.1) is 0 Å². The van der Waals surface area contributed by atoms with Crippen LogP contribution in [0.2, 0.25) is 5.02 Å². The fraction of sp³-hybridized carbons (Fsp3) is 0.133. The molecule has 2 aromatic carbocycles. The van der Waals surface area contributed by atoms with Crippen LogP contribution in [0.25, 0.3) is 0 Å². The van der Waals surface area contributed by atoms with Crippen molar-refractivity contribution < 1.29 is 13.6 Å². The summed E-state index contributed by atoms with van der Waals surface area (Å²) in [5, 5.41) is 5.12. The molecule has 0 aliphatic rings. The molecular formula is C15H13ClF2N2O. The Labute approximate surface area is 125 Å². The maximum Gasteiger partial charge on any atom is 0.319 e. The summed E-state index contributed by atoms with van der Waals surface area (Å²) < 4.78 is 25.9. The first-order chi connectivity index (χ1) is 10.0. The van der Waals surface area contributed by atoms with E-state index in [1.165, 1.54) is 24.3 Å². The summed E-state index contributed by atoms with van der Waals surface area (Å²) in [6.45, 7) is 0.382. The molecule has 0 radical (unpaired) electrons. The highest BCUT2D eigenvalue weighted by Gasteiger charge is 2.04. The van der Waals surface area contributed by atoms with Crippen molar-refractivity contribution in [2.45, 2.75) is 6.42 Å². The van der Waals surface area contributed by atoms with Gasteiger partial charge in [-0.2, -0.15) is 0 Å². The van der Waals surface area contributed by atoms with Crippen molar-refractivity contribution in [3.63, 3.8) is 0 Å². The number of amides is 2. The Hall–Kier alpha value is -2.14. The highest BCUT2D eigenvalue weighted by atomic mass is 35.5. The van der Waals surface area contributed by atoms with Crippen LogP contribution in [0.15, 0.2) is 42.5 Å². The summed E-state index contributed by atoms with van der Waals surface area (Å²) in [4.78, 5) is 11.6. The van der Waals surface area contributed by atoms with Gasteiger partial charge in [0.05, 0.1) is 5.02 Å². The van der Waals surface area contributed by atoms with Crippen LogP contribution in [0.4, 0.5) is 19.3 Å². The topological polar surface area (TPSA) is 41.1 Å². The van der Waals surface area contributed by atoms with E-state index in [0.29, 0.717) is 18.7 Å². The van der Waals surface area contributed by atoms with Crippen LogP contribution < -0.4 is 10.6 Å². The molecule has 110 valence electrons. The van der Waals surface area contributed by atoms with Gasteiger partial charge in [-0.25, -0.2) is 13.6 Å². The molecule has 6 heteroatoms. The monoisotopic (exact) mass is 310 g/mol. The Morgan fingerprint density at radius 2 is 1.81 bits per heavy atom. The number of hydrogen-bond acceptors (Lipinski definition) is 1. The highest BCUT2D eigenvalue weighted by molar-refractivity contribution is 6.30. The van der Waals surface area contributed by atoms with E-state index in [-0.39, 0.29) is 10.8 Å². The lowest BCUT2D eigenvalue weighted by molar-refractivity contribution is 0.252. The number of carbonyl (C=O) groups excluding carboxylic acids is 1.